The largest absolute Gasteiger partial charge is 0.326 e. The Bertz CT molecular complexity index is 387. The van der Waals surface area contributed by atoms with E-state index in [2.05, 4.69) is 20.9 Å². The average Bonchev–Trinajstić information content (AvgIpc) is 2.16. The summed E-state index contributed by atoms with van der Waals surface area (Å²) in [6.07, 6.45) is -1.64. The summed E-state index contributed by atoms with van der Waals surface area (Å²) < 4.78 is 25.1. The van der Waals surface area contributed by atoms with Crippen molar-refractivity contribution in [1.82, 2.24) is 4.98 Å². The van der Waals surface area contributed by atoms with Gasteiger partial charge in [0.1, 0.15) is 10.7 Å². The SMILES string of the molecule is N#Cc1c(Br)ncc(C(F)F)c1CN. The zero-order valence-corrected chi connectivity index (χ0v) is 8.55. The smallest absolute Gasteiger partial charge is 0.265 e. The van der Waals surface area contributed by atoms with Crippen LogP contribution >= 0.6 is 15.9 Å². The minimum Gasteiger partial charge on any atom is -0.326 e. The van der Waals surface area contributed by atoms with E-state index in [4.69, 9.17) is 11.0 Å². The summed E-state index contributed by atoms with van der Waals surface area (Å²) in [6.45, 7) is -0.107. The highest BCUT2D eigenvalue weighted by atomic mass is 79.9. The molecule has 0 aliphatic carbocycles. The van der Waals surface area contributed by atoms with Crippen molar-refractivity contribution >= 4 is 15.9 Å². The molecule has 0 aliphatic rings. The number of rotatable bonds is 2. The predicted molar refractivity (Wildman–Crippen MR) is 49.5 cm³/mol. The number of nitrogens with zero attached hydrogens (tertiary/aromatic N) is 2. The van der Waals surface area contributed by atoms with Gasteiger partial charge in [0.2, 0.25) is 0 Å². The second-order valence-electron chi connectivity index (χ2n) is 2.47. The first kappa shape index (κ1) is 11.0. The molecule has 1 heterocycles. The number of hydrogen-bond acceptors (Lipinski definition) is 3. The fraction of sp³-hybridized carbons (Fsp3) is 0.250. The average molecular weight is 262 g/mol. The highest BCUT2D eigenvalue weighted by Crippen LogP contribution is 2.27. The van der Waals surface area contributed by atoms with Crippen LogP contribution in [0.2, 0.25) is 0 Å². The maximum atomic E-state index is 12.4. The molecule has 0 aliphatic heterocycles. The third-order valence-corrected chi connectivity index (χ3v) is 2.33. The first-order chi connectivity index (χ1) is 6.61. The van der Waals surface area contributed by atoms with E-state index in [1.54, 1.807) is 6.07 Å². The first-order valence-corrected chi connectivity index (χ1v) is 4.46. The number of pyridine rings is 1. The van der Waals surface area contributed by atoms with Gasteiger partial charge in [-0.15, -0.1) is 0 Å². The minimum atomic E-state index is -2.67. The molecule has 0 unspecified atom stereocenters. The Morgan fingerprint density at radius 2 is 2.29 bits per heavy atom. The third-order valence-electron chi connectivity index (χ3n) is 1.72. The zero-order valence-electron chi connectivity index (χ0n) is 6.97. The summed E-state index contributed by atoms with van der Waals surface area (Å²) in [6, 6.07) is 1.79. The van der Waals surface area contributed by atoms with Crippen LogP contribution in [0.1, 0.15) is 23.1 Å². The second kappa shape index (κ2) is 4.44. The molecule has 74 valence electrons. The molecule has 0 atom stereocenters. The van der Waals surface area contributed by atoms with Crippen LogP contribution in [-0.2, 0) is 6.54 Å². The van der Waals surface area contributed by atoms with E-state index in [-0.39, 0.29) is 27.8 Å². The van der Waals surface area contributed by atoms with Crippen LogP contribution in [-0.4, -0.2) is 4.98 Å². The lowest BCUT2D eigenvalue weighted by atomic mass is 10.1. The lowest BCUT2D eigenvalue weighted by Crippen LogP contribution is -2.06. The van der Waals surface area contributed by atoms with E-state index in [1.807, 2.05) is 0 Å². The van der Waals surface area contributed by atoms with Gasteiger partial charge < -0.3 is 5.73 Å². The van der Waals surface area contributed by atoms with Gasteiger partial charge in [-0.2, -0.15) is 5.26 Å². The molecular formula is C8H6BrF2N3. The molecule has 1 aromatic heterocycles. The van der Waals surface area contributed by atoms with Crippen LogP contribution in [0.25, 0.3) is 0 Å². The molecule has 14 heavy (non-hydrogen) atoms. The van der Waals surface area contributed by atoms with Gasteiger partial charge in [0.15, 0.2) is 0 Å². The van der Waals surface area contributed by atoms with Crippen molar-refractivity contribution in [2.75, 3.05) is 0 Å². The maximum Gasteiger partial charge on any atom is 0.265 e. The third kappa shape index (κ3) is 1.89. The molecule has 0 amide bonds. The Morgan fingerprint density at radius 3 is 2.71 bits per heavy atom. The summed E-state index contributed by atoms with van der Waals surface area (Å²) in [4.78, 5) is 3.64. The molecule has 0 spiro atoms. The summed E-state index contributed by atoms with van der Waals surface area (Å²) in [5.41, 5.74) is 5.23. The van der Waals surface area contributed by atoms with Crippen molar-refractivity contribution in [3.8, 4) is 6.07 Å². The highest BCUT2D eigenvalue weighted by Gasteiger charge is 2.18. The zero-order chi connectivity index (χ0) is 10.7. The molecule has 0 saturated heterocycles. The van der Waals surface area contributed by atoms with Gasteiger partial charge in [-0.05, 0) is 21.5 Å². The Kier molecular flexibility index (Phi) is 3.49. The Balaban J connectivity index is 3.42. The quantitative estimate of drug-likeness (QED) is 0.830. The van der Waals surface area contributed by atoms with E-state index in [9.17, 15) is 8.78 Å². The van der Waals surface area contributed by atoms with Crippen molar-refractivity contribution in [2.24, 2.45) is 5.73 Å². The van der Waals surface area contributed by atoms with Crippen molar-refractivity contribution in [3.05, 3.63) is 27.5 Å². The fourth-order valence-corrected chi connectivity index (χ4v) is 1.49. The molecule has 3 nitrogen and oxygen atoms in total. The van der Waals surface area contributed by atoms with Gasteiger partial charge in [-0.25, -0.2) is 13.8 Å². The van der Waals surface area contributed by atoms with E-state index < -0.39 is 6.43 Å². The molecular weight excluding hydrogens is 256 g/mol. The lowest BCUT2D eigenvalue weighted by Gasteiger charge is -2.08. The Hall–Kier alpha value is -1.06. The van der Waals surface area contributed by atoms with Gasteiger partial charge in [-0.3, -0.25) is 0 Å². The van der Waals surface area contributed by atoms with Crippen molar-refractivity contribution in [3.63, 3.8) is 0 Å². The molecule has 1 rings (SSSR count). The number of aromatic nitrogens is 1. The van der Waals surface area contributed by atoms with Gasteiger partial charge in [0.05, 0.1) is 5.56 Å². The molecule has 0 aromatic carbocycles. The minimum absolute atomic E-state index is 0.0744. The molecule has 1 aromatic rings. The van der Waals surface area contributed by atoms with Crippen LogP contribution in [0, 0.1) is 11.3 Å². The highest BCUT2D eigenvalue weighted by molar-refractivity contribution is 9.10. The van der Waals surface area contributed by atoms with Crippen molar-refractivity contribution in [1.29, 1.82) is 5.26 Å². The molecule has 6 heteroatoms. The van der Waals surface area contributed by atoms with Crippen LogP contribution in [0.5, 0.6) is 0 Å². The second-order valence-corrected chi connectivity index (χ2v) is 3.23. The Morgan fingerprint density at radius 1 is 1.64 bits per heavy atom. The molecule has 0 radical (unpaired) electrons. The van der Waals surface area contributed by atoms with Gasteiger partial charge in [0.25, 0.3) is 6.43 Å². The lowest BCUT2D eigenvalue weighted by molar-refractivity contribution is 0.149. The standard InChI is InChI=1S/C8H6BrF2N3/c9-7-5(2-13)4(1-12)6(3-14-7)8(10)11/h3,8H,1,12H2. The number of nitriles is 1. The number of halogens is 3. The van der Waals surface area contributed by atoms with E-state index in [0.29, 0.717) is 0 Å². The molecule has 2 N–H and O–H groups in total. The topological polar surface area (TPSA) is 62.7 Å². The van der Waals surface area contributed by atoms with Crippen molar-refractivity contribution in [2.45, 2.75) is 13.0 Å². The summed E-state index contributed by atoms with van der Waals surface area (Å²) in [7, 11) is 0. The van der Waals surface area contributed by atoms with Crippen molar-refractivity contribution < 1.29 is 8.78 Å². The van der Waals surface area contributed by atoms with Gasteiger partial charge in [-0.1, -0.05) is 0 Å². The van der Waals surface area contributed by atoms with Crippen LogP contribution in [0.3, 0.4) is 0 Å². The van der Waals surface area contributed by atoms with E-state index in [1.165, 1.54) is 0 Å². The normalized spacial score (nSPS) is 10.3. The van der Waals surface area contributed by atoms with Gasteiger partial charge in [0, 0.05) is 18.3 Å². The number of alkyl halides is 2. The summed E-state index contributed by atoms with van der Waals surface area (Å²) in [5, 5.41) is 8.72. The Labute approximate surface area is 87.7 Å². The summed E-state index contributed by atoms with van der Waals surface area (Å²) in [5.74, 6) is 0. The van der Waals surface area contributed by atoms with E-state index >= 15 is 0 Å². The number of hydrogen-bond donors (Lipinski definition) is 1. The molecule has 0 fully saturated rings. The maximum absolute atomic E-state index is 12.4. The summed E-state index contributed by atoms with van der Waals surface area (Å²) >= 11 is 3.00. The molecule has 0 saturated carbocycles. The fourth-order valence-electron chi connectivity index (χ4n) is 1.06. The molecule has 0 bridgehead atoms. The van der Waals surface area contributed by atoms with Crippen LogP contribution in [0.15, 0.2) is 10.8 Å². The number of nitrogens with two attached hydrogens (primary N) is 1. The van der Waals surface area contributed by atoms with E-state index in [0.717, 1.165) is 6.20 Å². The van der Waals surface area contributed by atoms with Gasteiger partial charge >= 0.3 is 0 Å². The van der Waals surface area contributed by atoms with Crippen LogP contribution in [0.4, 0.5) is 8.78 Å². The first-order valence-electron chi connectivity index (χ1n) is 3.67. The van der Waals surface area contributed by atoms with Crippen LogP contribution < -0.4 is 5.73 Å². The monoisotopic (exact) mass is 261 g/mol. The predicted octanol–water partition coefficient (Wildman–Crippen LogP) is 2.11.